The van der Waals surface area contributed by atoms with Crippen LogP contribution in [-0.4, -0.2) is 6.54 Å². The van der Waals surface area contributed by atoms with Crippen molar-refractivity contribution in [2.75, 3.05) is 11.4 Å². The molecule has 0 saturated heterocycles. The Labute approximate surface area is 108 Å². The zero-order valence-electron chi connectivity index (χ0n) is 10.2. The fourth-order valence-electron chi connectivity index (χ4n) is 2.02. The van der Waals surface area contributed by atoms with Gasteiger partial charge in [-0.15, -0.1) is 0 Å². The summed E-state index contributed by atoms with van der Waals surface area (Å²) < 4.78 is 15.5. The Hall–Kier alpha value is -1.86. The second kappa shape index (κ2) is 5.65. The Balaban J connectivity index is 2.51. The molecule has 3 nitrogen and oxygen atoms in total. The summed E-state index contributed by atoms with van der Waals surface area (Å²) in [5, 5.41) is 2.27. The van der Waals surface area contributed by atoms with E-state index in [0.29, 0.717) is 12.4 Å². The van der Waals surface area contributed by atoms with E-state index < -0.39 is 0 Å². The number of nitrogens with zero attached hydrogens (tertiary/aromatic N) is 1. The van der Waals surface area contributed by atoms with Gasteiger partial charge in [0.25, 0.3) is 0 Å². The van der Waals surface area contributed by atoms with Crippen molar-refractivity contribution in [3.05, 3.63) is 54.9 Å². The van der Waals surface area contributed by atoms with E-state index in [2.05, 4.69) is 24.8 Å². The van der Waals surface area contributed by atoms with Gasteiger partial charge >= 0.3 is 8.69 Å². The molecule has 0 aromatic heterocycles. The molecule has 0 unspecified atom stereocenters. The fraction of sp³-hybridized carbons (Fsp3) is 0.143. The molecule has 18 heavy (non-hydrogen) atoms. The fourth-order valence-corrected chi connectivity index (χ4v) is 2.20. The van der Waals surface area contributed by atoms with Crippen LogP contribution in [0.4, 0.5) is 5.69 Å². The predicted molar refractivity (Wildman–Crippen MR) is 74.8 cm³/mol. The molecule has 4 heteroatoms. The lowest BCUT2D eigenvalue weighted by molar-refractivity contribution is 0.428. The third kappa shape index (κ3) is 2.36. The van der Waals surface area contributed by atoms with Crippen LogP contribution in [0.3, 0.4) is 0 Å². The third-order valence-corrected chi connectivity index (χ3v) is 3.10. The van der Waals surface area contributed by atoms with E-state index in [1.54, 1.807) is 0 Å². The van der Waals surface area contributed by atoms with Crippen LogP contribution in [0.5, 0.6) is 0 Å². The minimum absolute atomic E-state index is 0.380. The molecule has 2 aromatic rings. The van der Waals surface area contributed by atoms with Crippen LogP contribution in [0, 0.1) is 0 Å². The van der Waals surface area contributed by atoms with Gasteiger partial charge in [-0.25, -0.2) is 4.57 Å². The molecule has 0 aliphatic carbocycles. The van der Waals surface area contributed by atoms with Crippen LogP contribution in [0.15, 0.2) is 54.9 Å². The molecule has 0 spiro atoms. The van der Waals surface area contributed by atoms with Gasteiger partial charge in [-0.2, -0.15) is 0 Å². The zero-order chi connectivity index (χ0) is 13.0. The second-order valence-corrected chi connectivity index (χ2v) is 4.13. The summed E-state index contributed by atoms with van der Waals surface area (Å²) >= 11 is 0. The topological polar surface area (TPSA) is 29.5 Å². The van der Waals surface area contributed by atoms with Crippen LogP contribution in [0.2, 0.25) is 0 Å². The first-order valence-corrected chi connectivity index (χ1v) is 6.45. The first-order chi connectivity index (χ1) is 8.77. The summed E-state index contributed by atoms with van der Waals surface area (Å²) in [7, 11) is -0.387. The van der Waals surface area contributed by atoms with Crippen molar-refractivity contribution in [2.24, 2.45) is 0 Å². The summed E-state index contributed by atoms with van der Waals surface area (Å²) in [5.74, 6) is 0.380. The Morgan fingerprint density at radius 3 is 2.72 bits per heavy atom. The molecule has 0 heterocycles. The molecule has 2 rings (SSSR count). The molecule has 0 saturated carbocycles. The van der Waals surface area contributed by atoms with E-state index in [4.69, 9.17) is 4.52 Å². The minimum Gasteiger partial charge on any atom is -0.390 e. The van der Waals surface area contributed by atoms with Gasteiger partial charge in [-0.05, 0) is 25.0 Å². The molecule has 0 amide bonds. The van der Waals surface area contributed by atoms with Gasteiger partial charge in [0.05, 0.1) is 5.69 Å². The van der Waals surface area contributed by atoms with E-state index in [0.717, 1.165) is 16.5 Å². The SMILES string of the molecule is C=C(OP=O)N(CC)c1cccc2ccccc12. The smallest absolute Gasteiger partial charge is 0.390 e. The molecule has 0 radical (unpaired) electrons. The maximum atomic E-state index is 10.5. The van der Waals surface area contributed by atoms with Crippen molar-refractivity contribution in [2.45, 2.75) is 6.92 Å². The standard InChI is InChI=1S/C14H14NO2P/c1-3-15(11(2)17-18-16)14-10-6-8-12-7-4-5-9-13(12)14/h4-10H,2-3H2,1H3. The van der Waals surface area contributed by atoms with Gasteiger partial charge in [0, 0.05) is 11.9 Å². The van der Waals surface area contributed by atoms with Crippen molar-refractivity contribution in [1.82, 2.24) is 0 Å². The van der Waals surface area contributed by atoms with Gasteiger partial charge in [-0.1, -0.05) is 36.4 Å². The molecule has 0 bridgehead atoms. The molecule has 0 aliphatic heterocycles. The molecular weight excluding hydrogens is 245 g/mol. The first kappa shape index (κ1) is 12.6. The number of fused-ring (bicyclic) bond motifs is 1. The molecule has 0 fully saturated rings. The Kier molecular flexibility index (Phi) is 3.96. The second-order valence-electron chi connectivity index (χ2n) is 3.80. The molecule has 0 N–H and O–H groups in total. The van der Waals surface area contributed by atoms with Crippen molar-refractivity contribution in [1.29, 1.82) is 0 Å². The normalized spacial score (nSPS) is 10.5. The minimum atomic E-state index is -0.387. The lowest BCUT2D eigenvalue weighted by atomic mass is 10.1. The summed E-state index contributed by atoms with van der Waals surface area (Å²) in [4.78, 5) is 1.90. The summed E-state index contributed by atoms with van der Waals surface area (Å²) in [6, 6.07) is 14.2. The Morgan fingerprint density at radius 2 is 2.00 bits per heavy atom. The van der Waals surface area contributed by atoms with Crippen LogP contribution in [0.1, 0.15) is 6.92 Å². The van der Waals surface area contributed by atoms with E-state index in [1.165, 1.54) is 0 Å². The summed E-state index contributed by atoms with van der Waals surface area (Å²) in [6.07, 6.45) is 0. The number of rotatable bonds is 5. The van der Waals surface area contributed by atoms with Crippen molar-refractivity contribution < 1.29 is 9.09 Å². The van der Waals surface area contributed by atoms with Gasteiger partial charge in [0.15, 0.2) is 5.88 Å². The van der Waals surface area contributed by atoms with Crippen LogP contribution < -0.4 is 4.90 Å². The van der Waals surface area contributed by atoms with Gasteiger partial charge in [-0.3, -0.25) is 0 Å². The molecular formula is C14H14NO2P. The molecule has 0 aliphatic rings. The number of anilines is 1. The highest BCUT2D eigenvalue weighted by atomic mass is 31.1. The molecule has 2 aromatic carbocycles. The van der Waals surface area contributed by atoms with Crippen molar-refractivity contribution in [3.8, 4) is 0 Å². The third-order valence-electron chi connectivity index (χ3n) is 2.82. The van der Waals surface area contributed by atoms with E-state index in [-0.39, 0.29) is 8.69 Å². The van der Waals surface area contributed by atoms with Crippen molar-refractivity contribution in [3.63, 3.8) is 0 Å². The highest BCUT2D eigenvalue weighted by Crippen LogP contribution is 2.29. The van der Waals surface area contributed by atoms with E-state index >= 15 is 0 Å². The lowest BCUT2D eigenvalue weighted by Gasteiger charge is -2.24. The number of hydrogen-bond acceptors (Lipinski definition) is 3. The number of hydrogen-bond donors (Lipinski definition) is 0. The Morgan fingerprint density at radius 1 is 1.28 bits per heavy atom. The zero-order valence-corrected chi connectivity index (χ0v) is 11.1. The quantitative estimate of drug-likeness (QED) is 0.590. The highest BCUT2D eigenvalue weighted by molar-refractivity contribution is 7.17. The van der Waals surface area contributed by atoms with Gasteiger partial charge in [0.2, 0.25) is 0 Å². The molecule has 0 atom stereocenters. The average molecular weight is 259 g/mol. The van der Waals surface area contributed by atoms with Gasteiger partial charge < -0.3 is 9.42 Å². The Bertz CT molecular complexity index is 578. The maximum Gasteiger partial charge on any atom is 0.397 e. The predicted octanol–water partition coefficient (Wildman–Crippen LogP) is 4.36. The molecule has 92 valence electrons. The van der Waals surface area contributed by atoms with E-state index in [9.17, 15) is 4.57 Å². The summed E-state index contributed by atoms with van der Waals surface area (Å²) in [6.45, 7) is 6.49. The monoisotopic (exact) mass is 259 g/mol. The first-order valence-electron chi connectivity index (χ1n) is 5.71. The highest BCUT2D eigenvalue weighted by Gasteiger charge is 2.12. The van der Waals surface area contributed by atoms with Crippen LogP contribution >= 0.6 is 8.69 Å². The average Bonchev–Trinajstić information content (AvgIpc) is 2.40. The lowest BCUT2D eigenvalue weighted by Crippen LogP contribution is -2.21. The summed E-state index contributed by atoms with van der Waals surface area (Å²) in [5.41, 5.74) is 1.00. The van der Waals surface area contributed by atoms with E-state index in [1.807, 2.05) is 36.1 Å². The van der Waals surface area contributed by atoms with Gasteiger partial charge in [0.1, 0.15) is 0 Å². The van der Waals surface area contributed by atoms with Crippen LogP contribution in [-0.2, 0) is 9.09 Å². The van der Waals surface area contributed by atoms with Crippen molar-refractivity contribution >= 4 is 25.1 Å². The van der Waals surface area contributed by atoms with Crippen LogP contribution in [0.25, 0.3) is 10.8 Å². The largest absolute Gasteiger partial charge is 0.397 e. The number of benzene rings is 2. The maximum absolute atomic E-state index is 10.5.